The first-order chi connectivity index (χ1) is 8.93. The molecule has 1 aliphatic carbocycles. The molecule has 1 heterocycles. The molecule has 0 spiro atoms. The van der Waals surface area contributed by atoms with Gasteiger partial charge in [-0.1, -0.05) is 36.4 Å². The molecule has 0 aliphatic heterocycles. The van der Waals surface area contributed by atoms with Crippen LogP contribution < -0.4 is 0 Å². The lowest BCUT2D eigenvalue weighted by atomic mass is 9.97. The van der Waals surface area contributed by atoms with Crippen LogP contribution in [0.3, 0.4) is 0 Å². The van der Waals surface area contributed by atoms with Crippen molar-refractivity contribution in [3.05, 3.63) is 48.3 Å². The summed E-state index contributed by atoms with van der Waals surface area (Å²) >= 11 is 0. The van der Waals surface area contributed by atoms with Crippen molar-refractivity contribution in [2.45, 2.75) is 18.8 Å². The van der Waals surface area contributed by atoms with Crippen molar-refractivity contribution in [1.82, 2.24) is 15.2 Å². The van der Waals surface area contributed by atoms with E-state index in [4.69, 9.17) is 0 Å². The van der Waals surface area contributed by atoms with Gasteiger partial charge in [-0.3, -0.25) is 0 Å². The molecule has 88 valence electrons. The van der Waals surface area contributed by atoms with Crippen molar-refractivity contribution in [1.29, 1.82) is 0 Å². The van der Waals surface area contributed by atoms with E-state index < -0.39 is 0 Å². The van der Waals surface area contributed by atoms with Crippen LogP contribution in [-0.4, -0.2) is 15.2 Å². The van der Waals surface area contributed by atoms with E-state index in [9.17, 15) is 0 Å². The van der Waals surface area contributed by atoms with Crippen LogP contribution >= 0.6 is 0 Å². The maximum Gasteiger partial charge on any atom is 0.161 e. The van der Waals surface area contributed by atoms with E-state index >= 15 is 0 Å². The molecule has 1 aromatic heterocycles. The minimum atomic E-state index is 0.763. The molecule has 1 saturated carbocycles. The highest BCUT2D eigenvalue weighted by atomic mass is 15.2. The lowest BCUT2D eigenvalue weighted by Gasteiger charge is -2.08. The lowest BCUT2D eigenvalue weighted by molar-refractivity contribution is 1.10. The smallest absolute Gasteiger partial charge is 0.161 e. The van der Waals surface area contributed by atoms with E-state index in [1.807, 2.05) is 0 Å². The van der Waals surface area contributed by atoms with Gasteiger partial charge in [-0.15, -0.1) is 10.2 Å². The minimum Gasteiger partial charge on any atom is -0.328 e. The van der Waals surface area contributed by atoms with E-state index in [0.29, 0.717) is 0 Å². The molecular formula is C15H13N3. The van der Waals surface area contributed by atoms with Crippen molar-refractivity contribution >= 4 is 10.8 Å². The Balaban J connectivity index is 2.03. The second kappa shape index (κ2) is 3.67. The molecule has 0 bridgehead atoms. The number of hydrogen-bond donors (Lipinski definition) is 1. The zero-order valence-electron chi connectivity index (χ0n) is 9.93. The fourth-order valence-corrected chi connectivity index (χ4v) is 2.62. The topological polar surface area (TPSA) is 41.6 Å². The molecule has 3 nitrogen and oxygen atoms in total. The van der Waals surface area contributed by atoms with Gasteiger partial charge in [0, 0.05) is 5.56 Å². The van der Waals surface area contributed by atoms with Crippen molar-refractivity contribution in [2.75, 3.05) is 0 Å². The average molecular weight is 235 g/mol. The first kappa shape index (κ1) is 9.83. The minimum absolute atomic E-state index is 0.763. The number of nitrogens with one attached hydrogen (secondary N) is 1. The van der Waals surface area contributed by atoms with Crippen LogP contribution in [0.25, 0.3) is 22.2 Å². The zero-order chi connectivity index (χ0) is 11.9. The molecule has 0 amide bonds. The van der Waals surface area contributed by atoms with E-state index in [1.54, 1.807) is 6.33 Å². The average Bonchev–Trinajstić information content (AvgIpc) is 3.12. The van der Waals surface area contributed by atoms with Crippen LogP contribution in [0.2, 0.25) is 0 Å². The molecule has 3 heteroatoms. The standard InChI is InChI=1S/C15H13N3/c1-2-4-13-12(3-1)11(10-5-6-10)7-8-14(13)15-16-9-17-18-15/h1-4,7-10H,5-6H2,(H,16,17,18). The maximum absolute atomic E-state index is 4.12. The number of H-pyrrole nitrogens is 1. The van der Waals surface area contributed by atoms with E-state index in [1.165, 1.54) is 29.2 Å². The number of rotatable bonds is 2. The van der Waals surface area contributed by atoms with Gasteiger partial charge >= 0.3 is 0 Å². The van der Waals surface area contributed by atoms with E-state index in [2.05, 4.69) is 51.6 Å². The Morgan fingerprint density at radius 2 is 1.83 bits per heavy atom. The Morgan fingerprint density at radius 3 is 2.56 bits per heavy atom. The Kier molecular flexibility index (Phi) is 2.00. The second-order valence-electron chi connectivity index (χ2n) is 4.86. The summed E-state index contributed by atoms with van der Waals surface area (Å²) in [5, 5.41) is 10.6. The number of aromatic amines is 1. The third kappa shape index (κ3) is 1.44. The summed E-state index contributed by atoms with van der Waals surface area (Å²) < 4.78 is 0. The van der Waals surface area contributed by atoms with Gasteiger partial charge in [-0.25, -0.2) is 0 Å². The molecule has 4 rings (SSSR count). The number of fused-ring (bicyclic) bond motifs is 1. The van der Waals surface area contributed by atoms with Crippen molar-refractivity contribution in [3.63, 3.8) is 0 Å². The zero-order valence-corrected chi connectivity index (χ0v) is 9.93. The summed E-state index contributed by atoms with van der Waals surface area (Å²) in [6, 6.07) is 13.0. The number of nitrogens with zero attached hydrogens (tertiary/aromatic N) is 2. The molecule has 1 N–H and O–H groups in total. The summed E-state index contributed by atoms with van der Waals surface area (Å²) in [7, 11) is 0. The molecule has 3 aromatic rings. The van der Waals surface area contributed by atoms with Crippen LogP contribution in [0.15, 0.2) is 42.7 Å². The van der Waals surface area contributed by atoms with Gasteiger partial charge in [0.25, 0.3) is 0 Å². The lowest BCUT2D eigenvalue weighted by Crippen LogP contribution is -1.88. The Labute approximate surface area is 105 Å². The highest BCUT2D eigenvalue weighted by Gasteiger charge is 2.25. The summed E-state index contributed by atoms with van der Waals surface area (Å²) in [5.41, 5.74) is 2.61. The van der Waals surface area contributed by atoms with Crippen molar-refractivity contribution in [2.24, 2.45) is 0 Å². The monoisotopic (exact) mass is 235 g/mol. The van der Waals surface area contributed by atoms with Crippen molar-refractivity contribution < 1.29 is 0 Å². The van der Waals surface area contributed by atoms with Crippen LogP contribution in [0.5, 0.6) is 0 Å². The van der Waals surface area contributed by atoms with Crippen LogP contribution in [-0.2, 0) is 0 Å². The van der Waals surface area contributed by atoms with Gasteiger partial charge in [0.1, 0.15) is 6.33 Å². The molecule has 0 radical (unpaired) electrons. The molecule has 1 fully saturated rings. The summed E-state index contributed by atoms with van der Waals surface area (Å²) in [5.74, 6) is 1.60. The van der Waals surface area contributed by atoms with Gasteiger partial charge in [0.2, 0.25) is 0 Å². The first-order valence-electron chi connectivity index (χ1n) is 6.31. The molecule has 0 atom stereocenters. The molecule has 1 aliphatic rings. The fourth-order valence-electron chi connectivity index (χ4n) is 2.62. The predicted octanol–water partition coefficient (Wildman–Crippen LogP) is 3.50. The number of aromatic nitrogens is 3. The number of benzene rings is 2. The predicted molar refractivity (Wildman–Crippen MR) is 71.3 cm³/mol. The Morgan fingerprint density at radius 1 is 1.00 bits per heavy atom. The normalized spacial score (nSPS) is 15.1. The van der Waals surface area contributed by atoms with Gasteiger partial charge in [0.05, 0.1) is 0 Å². The van der Waals surface area contributed by atoms with Gasteiger partial charge in [-0.2, -0.15) is 0 Å². The van der Waals surface area contributed by atoms with Gasteiger partial charge in [-0.05, 0) is 35.1 Å². The molecule has 0 saturated heterocycles. The van der Waals surface area contributed by atoms with Gasteiger partial charge in [0.15, 0.2) is 5.82 Å². The summed E-state index contributed by atoms with van der Waals surface area (Å²) in [4.78, 5) is 3.09. The summed E-state index contributed by atoms with van der Waals surface area (Å²) in [6.07, 6.45) is 4.27. The molecular weight excluding hydrogens is 222 g/mol. The van der Waals surface area contributed by atoms with E-state index in [-0.39, 0.29) is 0 Å². The quantitative estimate of drug-likeness (QED) is 0.738. The van der Waals surface area contributed by atoms with Crippen molar-refractivity contribution in [3.8, 4) is 11.4 Å². The Hall–Kier alpha value is -2.16. The van der Waals surface area contributed by atoms with Crippen LogP contribution in [0.4, 0.5) is 0 Å². The summed E-state index contributed by atoms with van der Waals surface area (Å²) in [6.45, 7) is 0. The number of hydrogen-bond acceptors (Lipinski definition) is 2. The highest BCUT2D eigenvalue weighted by Crippen LogP contribution is 2.44. The molecule has 0 unspecified atom stereocenters. The van der Waals surface area contributed by atoms with Gasteiger partial charge < -0.3 is 4.98 Å². The molecule has 18 heavy (non-hydrogen) atoms. The first-order valence-corrected chi connectivity index (χ1v) is 6.31. The maximum atomic E-state index is 4.12. The third-order valence-corrected chi connectivity index (χ3v) is 3.65. The largest absolute Gasteiger partial charge is 0.328 e. The van der Waals surface area contributed by atoms with Crippen LogP contribution in [0, 0.1) is 0 Å². The van der Waals surface area contributed by atoms with E-state index in [0.717, 1.165) is 17.3 Å². The fraction of sp³-hybridized carbons (Fsp3) is 0.200. The van der Waals surface area contributed by atoms with Crippen LogP contribution in [0.1, 0.15) is 24.3 Å². The Bertz CT molecular complexity index is 697. The second-order valence-corrected chi connectivity index (χ2v) is 4.86. The SMILES string of the molecule is c1ccc2c(C3CC3)ccc(-c3nnc[nH]3)c2c1. The third-order valence-electron chi connectivity index (χ3n) is 3.65. The highest BCUT2D eigenvalue weighted by molar-refractivity contribution is 5.97. The molecule has 2 aromatic carbocycles.